The van der Waals surface area contributed by atoms with E-state index in [2.05, 4.69) is 4.74 Å². The molecule has 0 aliphatic heterocycles. The lowest BCUT2D eigenvalue weighted by molar-refractivity contribution is -0.174. The van der Waals surface area contributed by atoms with Crippen LogP contribution < -0.4 is 5.73 Å². The number of carbonyl (C=O) groups excluding carboxylic acids is 1. The second kappa shape index (κ2) is 5.56. The third-order valence-electron chi connectivity index (χ3n) is 2.34. The number of esters is 1. The molecule has 4 nitrogen and oxygen atoms in total. The summed E-state index contributed by atoms with van der Waals surface area (Å²) in [6.07, 6.45) is 0. The fraction of sp³-hybridized carbons (Fsp3) is 0.333. The number of hydrogen-bond acceptors (Lipinski definition) is 4. The van der Waals surface area contributed by atoms with E-state index < -0.39 is 17.9 Å². The van der Waals surface area contributed by atoms with Crippen molar-refractivity contribution in [1.82, 2.24) is 0 Å². The van der Waals surface area contributed by atoms with Gasteiger partial charge in [0.05, 0.1) is 18.2 Å². The van der Waals surface area contributed by atoms with E-state index in [1.54, 1.807) is 0 Å². The molecule has 1 rings (SSSR count). The van der Waals surface area contributed by atoms with Crippen molar-refractivity contribution in [2.24, 2.45) is 5.73 Å². The van der Waals surface area contributed by atoms with Crippen molar-refractivity contribution < 1.29 is 18.3 Å². The van der Waals surface area contributed by atoms with Crippen molar-refractivity contribution in [3.63, 3.8) is 0 Å². The Morgan fingerprint density at radius 3 is 2.50 bits per heavy atom. The molecule has 1 atom stereocenters. The Morgan fingerprint density at radius 2 is 2.06 bits per heavy atom. The van der Waals surface area contributed by atoms with E-state index in [-0.39, 0.29) is 12.2 Å². The van der Waals surface area contributed by atoms with Crippen LogP contribution in [0.5, 0.6) is 0 Å². The van der Waals surface area contributed by atoms with E-state index >= 15 is 0 Å². The van der Waals surface area contributed by atoms with Gasteiger partial charge >= 0.3 is 11.9 Å². The highest BCUT2D eigenvalue weighted by molar-refractivity contribution is 5.78. The third kappa shape index (κ3) is 2.81. The number of alkyl halides is 2. The normalized spacial score (nSPS) is 12.6. The third-order valence-corrected chi connectivity index (χ3v) is 2.34. The molecule has 0 saturated carbocycles. The second-order valence-corrected chi connectivity index (χ2v) is 3.55. The molecule has 0 fully saturated rings. The minimum Gasteiger partial charge on any atom is -0.462 e. The van der Waals surface area contributed by atoms with Gasteiger partial charge in [-0.3, -0.25) is 0 Å². The van der Waals surface area contributed by atoms with Crippen LogP contribution in [0.25, 0.3) is 0 Å². The topological polar surface area (TPSA) is 76.1 Å². The maximum Gasteiger partial charge on any atom is 0.379 e. The molecular formula is C12H12F2N2O2. The quantitative estimate of drug-likeness (QED) is 0.830. The lowest BCUT2D eigenvalue weighted by atomic mass is 10.0. The van der Waals surface area contributed by atoms with Crippen LogP contribution in [0.1, 0.15) is 24.1 Å². The summed E-state index contributed by atoms with van der Waals surface area (Å²) in [5.41, 5.74) is 5.75. The average Bonchev–Trinajstić information content (AvgIpc) is 2.38. The highest BCUT2D eigenvalue weighted by Gasteiger charge is 2.47. The van der Waals surface area contributed by atoms with Crippen LogP contribution in [0.3, 0.4) is 0 Å². The molecule has 2 N–H and O–H groups in total. The molecular weight excluding hydrogens is 242 g/mol. The zero-order chi connectivity index (χ0) is 13.8. The molecule has 96 valence electrons. The van der Waals surface area contributed by atoms with Gasteiger partial charge in [-0.05, 0) is 24.6 Å². The molecule has 0 saturated heterocycles. The Bertz CT molecular complexity index is 466. The average molecular weight is 254 g/mol. The van der Waals surface area contributed by atoms with E-state index in [0.29, 0.717) is 5.56 Å². The van der Waals surface area contributed by atoms with Crippen LogP contribution >= 0.6 is 0 Å². The van der Waals surface area contributed by atoms with Crippen LogP contribution in [-0.4, -0.2) is 18.5 Å². The molecule has 0 aliphatic carbocycles. The lowest BCUT2D eigenvalue weighted by Gasteiger charge is -2.21. The fourth-order valence-electron chi connectivity index (χ4n) is 1.33. The number of halogens is 2. The van der Waals surface area contributed by atoms with Crippen LogP contribution in [0.2, 0.25) is 0 Å². The number of nitrogens with two attached hydrogens (primary N) is 1. The predicted molar refractivity (Wildman–Crippen MR) is 59.7 cm³/mol. The van der Waals surface area contributed by atoms with Crippen LogP contribution in [-0.2, 0) is 9.53 Å². The first kappa shape index (κ1) is 14.1. The Morgan fingerprint density at radius 1 is 1.50 bits per heavy atom. The summed E-state index contributed by atoms with van der Waals surface area (Å²) in [4.78, 5) is 11.1. The largest absolute Gasteiger partial charge is 0.462 e. The Labute approximate surface area is 103 Å². The number of carbonyl (C=O) groups is 1. The van der Waals surface area contributed by atoms with Crippen molar-refractivity contribution >= 4 is 5.97 Å². The van der Waals surface area contributed by atoms with Crippen molar-refractivity contribution in [3.05, 3.63) is 35.4 Å². The highest BCUT2D eigenvalue weighted by Crippen LogP contribution is 2.30. The number of nitrogens with zero attached hydrogens (tertiary/aromatic N) is 1. The van der Waals surface area contributed by atoms with E-state index in [0.717, 1.165) is 0 Å². The van der Waals surface area contributed by atoms with Gasteiger partial charge in [0.25, 0.3) is 0 Å². The zero-order valence-corrected chi connectivity index (χ0v) is 9.69. The maximum atomic E-state index is 13.6. The second-order valence-electron chi connectivity index (χ2n) is 3.55. The van der Waals surface area contributed by atoms with Gasteiger partial charge in [0.15, 0.2) is 0 Å². The van der Waals surface area contributed by atoms with Crippen LogP contribution in [0.4, 0.5) is 8.78 Å². The first-order valence-electron chi connectivity index (χ1n) is 5.24. The summed E-state index contributed by atoms with van der Waals surface area (Å²) in [5, 5.41) is 8.58. The molecule has 0 amide bonds. The standard InChI is InChI=1S/C12H12F2N2O2/c1-2-18-11(17)12(13,14)10(16)9-5-3-8(7-15)4-6-9/h3-6,10H,2,16H2,1H3/t10-/m1/s1. The molecule has 0 aromatic heterocycles. The smallest absolute Gasteiger partial charge is 0.379 e. The minimum absolute atomic E-state index is 0.0621. The Hall–Kier alpha value is -2.00. The molecule has 6 heteroatoms. The SMILES string of the molecule is CCOC(=O)C(F)(F)[C@H](N)c1ccc(C#N)cc1. The van der Waals surface area contributed by atoms with Gasteiger partial charge in [0, 0.05) is 0 Å². The summed E-state index contributed by atoms with van der Waals surface area (Å²) in [7, 11) is 0. The van der Waals surface area contributed by atoms with Gasteiger partial charge in [0.1, 0.15) is 6.04 Å². The van der Waals surface area contributed by atoms with Gasteiger partial charge in [-0.25, -0.2) is 4.79 Å². The number of hydrogen-bond donors (Lipinski definition) is 1. The zero-order valence-electron chi connectivity index (χ0n) is 9.69. The number of ether oxygens (including phenoxy) is 1. The summed E-state index contributed by atoms with van der Waals surface area (Å²) in [6, 6.07) is 5.34. The van der Waals surface area contributed by atoms with E-state index in [1.807, 2.05) is 6.07 Å². The van der Waals surface area contributed by atoms with Gasteiger partial charge in [0.2, 0.25) is 0 Å². The molecule has 1 aromatic rings. The van der Waals surface area contributed by atoms with Gasteiger partial charge < -0.3 is 10.5 Å². The van der Waals surface area contributed by atoms with Gasteiger partial charge in [-0.15, -0.1) is 0 Å². The van der Waals surface area contributed by atoms with Crippen molar-refractivity contribution in [1.29, 1.82) is 5.26 Å². The van der Waals surface area contributed by atoms with Crippen molar-refractivity contribution in [2.45, 2.75) is 18.9 Å². The Balaban J connectivity index is 2.94. The summed E-state index contributed by atoms with van der Waals surface area (Å²) >= 11 is 0. The Kier molecular flexibility index (Phi) is 4.34. The molecule has 0 heterocycles. The molecule has 0 bridgehead atoms. The molecule has 0 unspecified atom stereocenters. The molecule has 0 radical (unpaired) electrons. The van der Waals surface area contributed by atoms with E-state index in [4.69, 9.17) is 11.0 Å². The van der Waals surface area contributed by atoms with E-state index in [1.165, 1.54) is 31.2 Å². The summed E-state index contributed by atoms with van der Waals surface area (Å²) in [5.74, 6) is -5.45. The number of benzene rings is 1. The van der Waals surface area contributed by atoms with Gasteiger partial charge in [-0.1, -0.05) is 12.1 Å². The maximum absolute atomic E-state index is 13.6. The predicted octanol–water partition coefficient (Wildman–Crippen LogP) is 1.76. The molecule has 18 heavy (non-hydrogen) atoms. The monoisotopic (exact) mass is 254 g/mol. The van der Waals surface area contributed by atoms with Crippen LogP contribution in [0, 0.1) is 11.3 Å². The molecule has 0 aliphatic rings. The van der Waals surface area contributed by atoms with E-state index in [9.17, 15) is 13.6 Å². The van der Waals surface area contributed by atoms with Crippen molar-refractivity contribution in [3.8, 4) is 6.07 Å². The first-order chi connectivity index (χ1) is 8.43. The minimum atomic E-state index is -3.80. The molecule has 0 spiro atoms. The van der Waals surface area contributed by atoms with Crippen LogP contribution in [0.15, 0.2) is 24.3 Å². The number of rotatable bonds is 4. The van der Waals surface area contributed by atoms with Gasteiger partial charge in [-0.2, -0.15) is 14.0 Å². The fourth-order valence-corrected chi connectivity index (χ4v) is 1.33. The first-order valence-corrected chi connectivity index (χ1v) is 5.24. The highest BCUT2D eigenvalue weighted by atomic mass is 19.3. The molecule has 1 aromatic carbocycles. The summed E-state index contributed by atoms with van der Waals surface area (Å²) < 4.78 is 31.5. The van der Waals surface area contributed by atoms with Crippen molar-refractivity contribution in [2.75, 3.05) is 6.61 Å². The lowest BCUT2D eigenvalue weighted by Crippen LogP contribution is -2.41. The number of nitriles is 1. The summed E-state index contributed by atoms with van der Waals surface area (Å²) in [6.45, 7) is 1.29.